The Balaban J connectivity index is 1.44. The molecule has 0 atom stereocenters. The van der Waals surface area contributed by atoms with Gasteiger partial charge in [-0.3, -0.25) is 9.59 Å². The highest BCUT2D eigenvalue weighted by atomic mass is 32.2. The number of benzene rings is 3. The Labute approximate surface area is 230 Å². The predicted molar refractivity (Wildman–Crippen MR) is 149 cm³/mol. The molecule has 0 radical (unpaired) electrons. The van der Waals surface area contributed by atoms with Crippen LogP contribution in [0.15, 0.2) is 58.9 Å². The first-order valence-electron chi connectivity index (χ1n) is 12.4. The molecule has 0 bridgehead atoms. The lowest BCUT2D eigenvalue weighted by Crippen LogP contribution is -2.31. The third kappa shape index (κ3) is 4.95. The van der Waals surface area contributed by atoms with Crippen molar-refractivity contribution in [3.8, 4) is 11.5 Å². The molecule has 1 aliphatic rings. The van der Waals surface area contributed by atoms with Crippen LogP contribution in [0.2, 0.25) is 0 Å². The molecule has 0 saturated carbocycles. The molecule has 9 nitrogen and oxygen atoms in total. The van der Waals surface area contributed by atoms with Crippen LogP contribution in [0.5, 0.6) is 11.5 Å². The fourth-order valence-electron chi connectivity index (χ4n) is 4.67. The monoisotopic (exact) mass is 565 g/mol. The second-order valence-electron chi connectivity index (χ2n) is 8.88. The summed E-state index contributed by atoms with van der Waals surface area (Å²) in [7, 11) is -4.10. The number of sulfonamides is 1. The molecular formula is C28H27N3O6S2. The normalized spacial score (nSPS) is 13.0. The van der Waals surface area contributed by atoms with E-state index in [2.05, 4.69) is 9.71 Å². The number of aromatic nitrogens is 1. The average molecular weight is 566 g/mol. The van der Waals surface area contributed by atoms with E-state index in [9.17, 15) is 18.0 Å². The topological polar surface area (TPSA) is 115 Å². The summed E-state index contributed by atoms with van der Waals surface area (Å²) in [5.74, 6) is 0.247. The van der Waals surface area contributed by atoms with E-state index < -0.39 is 15.9 Å². The Kier molecular flexibility index (Phi) is 7.28. The van der Waals surface area contributed by atoms with Gasteiger partial charge >= 0.3 is 0 Å². The second-order valence-corrected chi connectivity index (χ2v) is 11.5. The number of nitrogens with one attached hydrogen (secondary N) is 1. The molecule has 11 heteroatoms. The minimum atomic E-state index is -4.10. The van der Waals surface area contributed by atoms with Crippen molar-refractivity contribution in [1.29, 1.82) is 0 Å². The molecule has 2 amide bonds. The molecule has 0 unspecified atom stereocenters. The smallest absolute Gasteiger partial charge is 0.264 e. The molecule has 5 rings (SSSR count). The molecule has 0 fully saturated rings. The number of amides is 2. The van der Waals surface area contributed by atoms with Gasteiger partial charge < -0.3 is 14.4 Å². The van der Waals surface area contributed by atoms with Crippen LogP contribution in [0.1, 0.15) is 40.3 Å². The molecule has 1 aromatic heterocycles. The van der Waals surface area contributed by atoms with Crippen LogP contribution in [0.4, 0.5) is 5.69 Å². The Morgan fingerprint density at radius 3 is 2.28 bits per heavy atom. The maximum Gasteiger partial charge on any atom is 0.264 e. The summed E-state index contributed by atoms with van der Waals surface area (Å²) >= 11 is 1.30. The molecule has 1 aliphatic heterocycles. The SMILES string of the molecule is CCOc1c2c(c(OCC)c3ccccc13)C(=O)N(c1ccc(S(=O)(=O)NC(=O)Cc3scnc3C)cc1)C2. The highest BCUT2D eigenvalue weighted by Crippen LogP contribution is 2.46. The van der Waals surface area contributed by atoms with Crippen molar-refractivity contribution in [3.05, 3.63) is 75.7 Å². The van der Waals surface area contributed by atoms with Gasteiger partial charge in [0.05, 0.1) is 47.8 Å². The lowest BCUT2D eigenvalue weighted by atomic mass is 9.99. The largest absolute Gasteiger partial charge is 0.493 e. The highest BCUT2D eigenvalue weighted by molar-refractivity contribution is 7.90. The van der Waals surface area contributed by atoms with E-state index in [1.165, 1.54) is 23.5 Å². The van der Waals surface area contributed by atoms with Gasteiger partial charge in [0.25, 0.3) is 15.9 Å². The first kappa shape index (κ1) is 26.6. The Morgan fingerprint density at radius 1 is 1.03 bits per heavy atom. The quantitative estimate of drug-likeness (QED) is 0.315. The zero-order valence-corrected chi connectivity index (χ0v) is 23.3. The summed E-state index contributed by atoms with van der Waals surface area (Å²) in [6.45, 7) is 6.58. The van der Waals surface area contributed by atoms with Crippen LogP contribution < -0.4 is 19.1 Å². The van der Waals surface area contributed by atoms with Gasteiger partial charge in [0, 0.05) is 26.9 Å². The Morgan fingerprint density at radius 2 is 1.67 bits per heavy atom. The Hall–Kier alpha value is -3.96. The third-order valence-corrected chi connectivity index (χ3v) is 8.77. The number of ether oxygens (including phenoxy) is 2. The molecule has 0 saturated heterocycles. The van der Waals surface area contributed by atoms with Gasteiger partial charge in [0.15, 0.2) is 0 Å². The van der Waals surface area contributed by atoms with Gasteiger partial charge in [0.2, 0.25) is 5.91 Å². The second kappa shape index (κ2) is 10.7. The average Bonchev–Trinajstić information content (AvgIpc) is 3.48. The van der Waals surface area contributed by atoms with Gasteiger partial charge in [-0.1, -0.05) is 24.3 Å². The van der Waals surface area contributed by atoms with Crippen LogP contribution in [0, 0.1) is 6.92 Å². The van der Waals surface area contributed by atoms with Gasteiger partial charge in [-0.05, 0) is 45.0 Å². The number of carbonyl (C=O) groups excluding carboxylic acids is 2. The summed E-state index contributed by atoms with van der Waals surface area (Å²) in [6, 6.07) is 13.5. The number of anilines is 1. The van der Waals surface area contributed by atoms with E-state index in [1.807, 2.05) is 38.1 Å². The molecule has 39 heavy (non-hydrogen) atoms. The van der Waals surface area contributed by atoms with Crippen LogP contribution in [0.3, 0.4) is 0 Å². The van der Waals surface area contributed by atoms with Gasteiger partial charge in [0.1, 0.15) is 11.5 Å². The van der Waals surface area contributed by atoms with E-state index >= 15 is 0 Å². The zero-order valence-electron chi connectivity index (χ0n) is 21.7. The van der Waals surface area contributed by atoms with E-state index in [0.29, 0.717) is 46.5 Å². The summed E-state index contributed by atoms with van der Waals surface area (Å²) in [6.07, 6.45) is -0.0764. The molecular weight excluding hydrogens is 538 g/mol. The molecule has 202 valence electrons. The maximum absolute atomic E-state index is 13.7. The first-order chi connectivity index (χ1) is 18.7. The molecule has 0 spiro atoms. The summed E-state index contributed by atoms with van der Waals surface area (Å²) in [4.78, 5) is 32.4. The van der Waals surface area contributed by atoms with Crippen LogP contribution in [-0.4, -0.2) is 38.4 Å². The molecule has 1 N–H and O–H groups in total. The van der Waals surface area contributed by atoms with Crippen molar-refractivity contribution in [2.45, 2.75) is 38.6 Å². The summed E-state index contributed by atoms with van der Waals surface area (Å²) in [5, 5.41) is 1.66. The number of nitrogens with zero attached hydrogens (tertiary/aromatic N) is 2. The van der Waals surface area contributed by atoms with Crippen LogP contribution in [-0.2, 0) is 27.8 Å². The Bertz CT molecular complexity index is 1680. The van der Waals surface area contributed by atoms with E-state index in [4.69, 9.17) is 9.47 Å². The predicted octanol–water partition coefficient (Wildman–Crippen LogP) is 4.61. The number of rotatable bonds is 9. The van der Waals surface area contributed by atoms with Crippen molar-refractivity contribution >= 4 is 49.6 Å². The third-order valence-electron chi connectivity index (χ3n) is 6.44. The van der Waals surface area contributed by atoms with Gasteiger partial charge in [-0.25, -0.2) is 18.1 Å². The fraction of sp³-hybridized carbons (Fsp3) is 0.250. The van der Waals surface area contributed by atoms with Crippen molar-refractivity contribution in [1.82, 2.24) is 9.71 Å². The van der Waals surface area contributed by atoms with Crippen molar-refractivity contribution in [2.24, 2.45) is 0 Å². The highest BCUT2D eigenvalue weighted by Gasteiger charge is 2.37. The van der Waals surface area contributed by atoms with E-state index in [0.717, 1.165) is 16.3 Å². The van der Waals surface area contributed by atoms with E-state index in [1.54, 1.807) is 29.5 Å². The van der Waals surface area contributed by atoms with Crippen molar-refractivity contribution < 1.29 is 27.5 Å². The molecule has 4 aromatic rings. The van der Waals surface area contributed by atoms with Crippen molar-refractivity contribution in [2.75, 3.05) is 18.1 Å². The van der Waals surface area contributed by atoms with Gasteiger partial charge in [-0.2, -0.15) is 0 Å². The number of carbonyl (C=O) groups is 2. The fourth-order valence-corrected chi connectivity index (χ4v) is 6.43. The number of fused-ring (bicyclic) bond motifs is 2. The molecule has 2 heterocycles. The minimum Gasteiger partial charge on any atom is -0.493 e. The summed E-state index contributed by atoms with van der Waals surface area (Å²) in [5.41, 5.74) is 3.99. The molecule has 0 aliphatic carbocycles. The maximum atomic E-state index is 13.7. The summed E-state index contributed by atoms with van der Waals surface area (Å²) < 4.78 is 39.8. The van der Waals surface area contributed by atoms with Crippen LogP contribution in [0.25, 0.3) is 10.8 Å². The van der Waals surface area contributed by atoms with Gasteiger partial charge in [-0.15, -0.1) is 11.3 Å². The van der Waals surface area contributed by atoms with Crippen molar-refractivity contribution in [3.63, 3.8) is 0 Å². The lowest BCUT2D eigenvalue weighted by molar-refractivity contribution is -0.118. The lowest BCUT2D eigenvalue weighted by Gasteiger charge is -2.16. The number of hydrogen-bond acceptors (Lipinski definition) is 8. The molecule has 3 aromatic carbocycles. The van der Waals surface area contributed by atoms with E-state index in [-0.39, 0.29) is 23.8 Å². The zero-order chi connectivity index (χ0) is 27.7. The number of aryl methyl sites for hydroxylation is 1. The number of hydrogen-bond donors (Lipinski definition) is 1. The first-order valence-corrected chi connectivity index (χ1v) is 14.8. The van der Waals surface area contributed by atoms with Crippen LogP contribution >= 0.6 is 11.3 Å². The minimum absolute atomic E-state index is 0.0764. The number of thiazole rings is 1. The standard InChI is InChI=1S/C28H27N3O6S2/c1-4-36-26-20-8-6-7-9-21(20)27(37-5-2)25-22(26)15-31(28(25)33)18-10-12-19(13-11-18)39(34,35)30-24(32)14-23-17(3)29-16-38-23/h6-13,16H,4-5,14-15H2,1-3H3,(H,30,32).